The standard InChI is InChI=1S/C13H13N3O3/c1-9-2-3-13(12(6-9)16(17)18)19-8-11-7-10(14)4-5-15-11/h2-7H,8H2,1H3,(H2,14,15). The predicted octanol–water partition coefficient (Wildman–Crippen LogP) is 2.46. The molecule has 0 aliphatic rings. The zero-order chi connectivity index (χ0) is 13.8. The summed E-state index contributed by atoms with van der Waals surface area (Å²) < 4.78 is 5.43. The third kappa shape index (κ3) is 3.19. The summed E-state index contributed by atoms with van der Waals surface area (Å²) >= 11 is 0. The maximum absolute atomic E-state index is 10.9. The number of rotatable bonds is 4. The summed E-state index contributed by atoms with van der Waals surface area (Å²) in [6, 6.07) is 8.15. The lowest BCUT2D eigenvalue weighted by Crippen LogP contribution is -2.01. The van der Waals surface area contributed by atoms with E-state index in [4.69, 9.17) is 10.5 Å². The van der Waals surface area contributed by atoms with E-state index < -0.39 is 4.92 Å². The topological polar surface area (TPSA) is 91.3 Å². The minimum absolute atomic E-state index is 0.0519. The number of anilines is 1. The van der Waals surface area contributed by atoms with E-state index >= 15 is 0 Å². The third-order valence-electron chi connectivity index (χ3n) is 2.53. The number of aromatic nitrogens is 1. The molecular formula is C13H13N3O3. The van der Waals surface area contributed by atoms with E-state index in [-0.39, 0.29) is 18.0 Å². The van der Waals surface area contributed by atoms with Gasteiger partial charge in [-0.05, 0) is 30.7 Å². The Labute approximate surface area is 110 Å². The highest BCUT2D eigenvalue weighted by atomic mass is 16.6. The van der Waals surface area contributed by atoms with Crippen molar-refractivity contribution in [3.8, 4) is 5.75 Å². The summed E-state index contributed by atoms with van der Waals surface area (Å²) in [6.07, 6.45) is 1.57. The molecule has 0 fully saturated rings. The number of aryl methyl sites for hydroxylation is 1. The number of ether oxygens (including phenoxy) is 1. The van der Waals surface area contributed by atoms with Crippen LogP contribution in [0.15, 0.2) is 36.5 Å². The van der Waals surface area contributed by atoms with Crippen LogP contribution >= 0.6 is 0 Å². The molecule has 0 atom stereocenters. The van der Waals surface area contributed by atoms with Crippen molar-refractivity contribution in [2.45, 2.75) is 13.5 Å². The van der Waals surface area contributed by atoms with Crippen LogP contribution in [0.2, 0.25) is 0 Å². The highest BCUT2D eigenvalue weighted by Gasteiger charge is 2.15. The third-order valence-corrected chi connectivity index (χ3v) is 2.53. The first kappa shape index (κ1) is 12.8. The first-order valence-corrected chi connectivity index (χ1v) is 5.64. The van der Waals surface area contributed by atoms with Crippen molar-refractivity contribution < 1.29 is 9.66 Å². The number of pyridine rings is 1. The molecule has 6 nitrogen and oxygen atoms in total. The van der Waals surface area contributed by atoms with E-state index in [2.05, 4.69) is 4.98 Å². The van der Waals surface area contributed by atoms with Crippen LogP contribution in [0, 0.1) is 17.0 Å². The normalized spacial score (nSPS) is 10.2. The van der Waals surface area contributed by atoms with Crippen molar-refractivity contribution in [2.75, 3.05) is 5.73 Å². The first-order valence-electron chi connectivity index (χ1n) is 5.64. The highest BCUT2D eigenvalue weighted by molar-refractivity contribution is 5.48. The van der Waals surface area contributed by atoms with E-state index in [0.29, 0.717) is 11.4 Å². The Kier molecular flexibility index (Phi) is 3.61. The molecule has 98 valence electrons. The first-order chi connectivity index (χ1) is 9.06. The molecule has 2 aromatic rings. The Morgan fingerprint density at radius 3 is 2.84 bits per heavy atom. The number of nitro groups is 1. The van der Waals surface area contributed by atoms with Crippen LogP contribution < -0.4 is 10.5 Å². The van der Waals surface area contributed by atoms with Gasteiger partial charge in [0.15, 0.2) is 5.75 Å². The molecule has 0 aliphatic heterocycles. The molecule has 1 aromatic heterocycles. The van der Waals surface area contributed by atoms with E-state index in [0.717, 1.165) is 5.56 Å². The fourth-order valence-electron chi connectivity index (χ4n) is 1.62. The largest absolute Gasteiger partial charge is 0.480 e. The number of nitrogens with two attached hydrogens (primary N) is 1. The molecule has 6 heteroatoms. The molecule has 1 aromatic carbocycles. The average molecular weight is 259 g/mol. The minimum Gasteiger partial charge on any atom is -0.480 e. The smallest absolute Gasteiger partial charge is 0.311 e. The van der Waals surface area contributed by atoms with Crippen molar-refractivity contribution in [3.63, 3.8) is 0 Å². The molecule has 0 spiro atoms. The number of nitro benzene ring substituents is 1. The summed E-state index contributed by atoms with van der Waals surface area (Å²) in [5.41, 5.74) is 7.57. The minimum atomic E-state index is -0.463. The van der Waals surface area contributed by atoms with Gasteiger partial charge in [-0.25, -0.2) is 0 Å². The summed E-state index contributed by atoms with van der Waals surface area (Å²) in [6.45, 7) is 1.92. The van der Waals surface area contributed by atoms with Crippen LogP contribution in [0.1, 0.15) is 11.3 Å². The van der Waals surface area contributed by atoms with Crippen LogP contribution in [0.25, 0.3) is 0 Å². The van der Waals surface area contributed by atoms with E-state index in [1.807, 2.05) is 0 Å². The molecule has 19 heavy (non-hydrogen) atoms. The number of nitrogens with zero attached hydrogens (tertiary/aromatic N) is 2. The second kappa shape index (κ2) is 5.34. The number of hydrogen-bond acceptors (Lipinski definition) is 5. The molecule has 0 bridgehead atoms. The second-order valence-corrected chi connectivity index (χ2v) is 4.10. The lowest BCUT2D eigenvalue weighted by molar-refractivity contribution is -0.386. The molecule has 2 N–H and O–H groups in total. The molecule has 0 amide bonds. The Bertz CT molecular complexity index is 614. The summed E-state index contributed by atoms with van der Waals surface area (Å²) in [5.74, 6) is 0.222. The summed E-state index contributed by atoms with van der Waals surface area (Å²) in [7, 11) is 0. The van der Waals surface area contributed by atoms with Gasteiger partial charge in [-0.2, -0.15) is 0 Å². The van der Waals surface area contributed by atoms with Gasteiger partial charge in [0.2, 0.25) is 0 Å². The molecule has 2 rings (SSSR count). The van der Waals surface area contributed by atoms with Gasteiger partial charge in [-0.15, -0.1) is 0 Å². The van der Waals surface area contributed by atoms with Gasteiger partial charge in [-0.3, -0.25) is 15.1 Å². The van der Waals surface area contributed by atoms with Crippen LogP contribution in [0.4, 0.5) is 11.4 Å². The molecule has 0 saturated carbocycles. The Balaban J connectivity index is 2.17. The van der Waals surface area contributed by atoms with E-state index in [1.165, 1.54) is 6.07 Å². The maximum Gasteiger partial charge on any atom is 0.311 e. The van der Waals surface area contributed by atoms with Gasteiger partial charge in [-0.1, -0.05) is 6.07 Å². The number of benzene rings is 1. The second-order valence-electron chi connectivity index (χ2n) is 4.10. The quantitative estimate of drug-likeness (QED) is 0.672. The fraction of sp³-hybridized carbons (Fsp3) is 0.154. The zero-order valence-corrected chi connectivity index (χ0v) is 10.4. The van der Waals surface area contributed by atoms with Gasteiger partial charge in [0.1, 0.15) is 6.61 Å². The zero-order valence-electron chi connectivity index (χ0n) is 10.4. The van der Waals surface area contributed by atoms with Crippen LogP contribution in [-0.4, -0.2) is 9.91 Å². The molecule has 0 unspecified atom stereocenters. The molecule has 1 heterocycles. The fourth-order valence-corrected chi connectivity index (χ4v) is 1.62. The van der Waals surface area contributed by atoms with Gasteiger partial charge >= 0.3 is 5.69 Å². The Hall–Kier alpha value is -2.63. The van der Waals surface area contributed by atoms with Crippen molar-refractivity contribution in [1.29, 1.82) is 0 Å². The van der Waals surface area contributed by atoms with Gasteiger partial charge in [0, 0.05) is 18.0 Å². The van der Waals surface area contributed by atoms with Crippen molar-refractivity contribution in [1.82, 2.24) is 4.98 Å². The van der Waals surface area contributed by atoms with E-state index in [1.54, 1.807) is 37.4 Å². The SMILES string of the molecule is Cc1ccc(OCc2cc(N)ccn2)c([N+](=O)[O-])c1. The Morgan fingerprint density at radius 1 is 1.37 bits per heavy atom. The predicted molar refractivity (Wildman–Crippen MR) is 70.8 cm³/mol. The van der Waals surface area contributed by atoms with E-state index in [9.17, 15) is 10.1 Å². The lowest BCUT2D eigenvalue weighted by atomic mass is 10.2. The van der Waals surface area contributed by atoms with Crippen LogP contribution in [0.3, 0.4) is 0 Å². The van der Waals surface area contributed by atoms with Crippen molar-refractivity contribution in [2.24, 2.45) is 0 Å². The molecule has 0 aliphatic carbocycles. The monoisotopic (exact) mass is 259 g/mol. The van der Waals surface area contributed by atoms with Crippen molar-refractivity contribution >= 4 is 11.4 Å². The summed E-state index contributed by atoms with van der Waals surface area (Å²) in [4.78, 5) is 14.5. The number of nitrogen functional groups attached to an aromatic ring is 1. The average Bonchev–Trinajstić information content (AvgIpc) is 2.37. The lowest BCUT2D eigenvalue weighted by Gasteiger charge is -2.07. The number of hydrogen-bond donors (Lipinski definition) is 1. The van der Waals surface area contributed by atoms with Crippen LogP contribution in [0.5, 0.6) is 5.75 Å². The van der Waals surface area contributed by atoms with Gasteiger partial charge in [0.05, 0.1) is 10.6 Å². The highest BCUT2D eigenvalue weighted by Crippen LogP contribution is 2.28. The molecule has 0 saturated heterocycles. The molecule has 0 radical (unpaired) electrons. The maximum atomic E-state index is 10.9. The van der Waals surface area contributed by atoms with Gasteiger partial charge < -0.3 is 10.5 Å². The summed E-state index contributed by atoms with van der Waals surface area (Å²) in [5, 5.41) is 10.9. The van der Waals surface area contributed by atoms with Crippen molar-refractivity contribution in [3.05, 3.63) is 57.9 Å². The molecular weight excluding hydrogens is 246 g/mol. The van der Waals surface area contributed by atoms with Gasteiger partial charge in [0.25, 0.3) is 0 Å². The Morgan fingerprint density at radius 2 is 2.16 bits per heavy atom. The van der Waals surface area contributed by atoms with Crippen LogP contribution in [-0.2, 0) is 6.61 Å².